The van der Waals surface area contributed by atoms with Gasteiger partial charge in [-0.15, -0.1) is 0 Å². The Morgan fingerprint density at radius 3 is 2.78 bits per heavy atom. The molecule has 1 aromatic carbocycles. The molecular weight excluding hydrogens is 361 g/mol. The Hall–Kier alpha value is -2.55. The summed E-state index contributed by atoms with van der Waals surface area (Å²) in [5.74, 6) is 0.712. The van der Waals surface area contributed by atoms with Gasteiger partial charge in [-0.05, 0) is 42.6 Å². The van der Waals surface area contributed by atoms with E-state index in [0.29, 0.717) is 5.75 Å². The van der Waals surface area contributed by atoms with Crippen molar-refractivity contribution in [3.8, 4) is 5.75 Å². The molecule has 0 aliphatic carbocycles. The summed E-state index contributed by atoms with van der Waals surface area (Å²) < 4.78 is 45.9. The van der Waals surface area contributed by atoms with Gasteiger partial charge in [-0.25, -0.2) is 5.10 Å². The third-order valence-electron chi connectivity index (χ3n) is 4.91. The van der Waals surface area contributed by atoms with Gasteiger partial charge in [0, 0.05) is 19.6 Å². The van der Waals surface area contributed by atoms with Crippen LogP contribution in [0.3, 0.4) is 0 Å². The predicted molar refractivity (Wildman–Crippen MR) is 92.7 cm³/mol. The van der Waals surface area contributed by atoms with E-state index in [2.05, 4.69) is 10.4 Å². The molecule has 9 heteroatoms. The molecule has 2 aliphatic heterocycles. The van der Waals surface area contributed by atoms with Crippen molar-refractivity contribution in [2.24, 2.45) is 0 Å². The summed E-state index contributed by atoms with van der Waals surface area (Å²) in [5, 5.41) is 8.70. The van der Waals surface area contributed by atoms with Crippen LogP contribution in [0.2, 0.25) is 0 Å². The Bertz CT molecular complexity index is 891. The van der Waals surface area contributed by atoms with Crippen LogP contribution in [0.1, 0.15) is 29.5 Å². The molecule has 1 atom stereocenters. The number of ether oxygens (including phenoxy) is 1. The zero-order valence-corrected chi connectivity index (χ0v) is 14.5. The van der Waals surface area contributed by atoms with Crippen LogP contribution in [-0.4, -0.2) is 29.4 Å². The van der Waals surface area contributed by atoms with Crippen LogP contribution in [0.5, 0.6) is 5.75 Å². The molecule has 27 heavy (non-hydrogen) atoms. The van der Waals surface area contributed by atoms with E-state index in [1.807, 2.05) is 23.3 Å². The summed E-state index contributed by atoms with van der Waals surface area (Å²) in [5.41, 5.74) is -0.844. The molecular formula is C18H19F3N4O2. The highest BCUT2D eigenvalue weighted by molar-refractivity contribution is 5.56. The van der Waals surface area contributed by atoms with Crippen LogP contribution >= 0.6 is 0 Å². The number of nitrogens with zero attached hydrogens (tertiary/aromatic N) is 2. The molecule has 6 nitrogen and oxygen atoms in total. The fourth-order valence-corrected chi connectivity index (χ4v) is 3.63. The molecule has 1 saturated heterocycles. The molecule has 0 bridgehead atoms. The minimum absolute atomic E-state index is 0.100. The normalized spacial score (nSPS) is 19.8. The highest BCUT2D eigenvalue weighted by Gasteiger charge is 2.39. The van der Waals surface area contributed by atoms with Crippen molar-refractivity contribution >= 4 is 5.69 Å². The van der Waals surface area contributed by atoms with Crippen molar-refractivity contribution in [2.45, 2.75) is 38.2 Å². The maximum absolute atomic E-state index is 13.3. The number of benzene rings is 1. The van der Waals surface area contributed by atoms with E-state index in [4.69, 9.17) is 4.74 Å². The van der Waals surface area contributed by atoms with E-state index in [1.165, 1.54) is 4.90 Å². The largest absolute Gasteiger partial charge is 0.489 e. The Morgan fingerprint density at radius 1 is 1.22 bits per heavy atom. The molecule has 0 unspecified atom stereocenters. The third-order valence-corrected chi connectivity index (χ3v) is 4.91. The smallest absolute Gasteiger partial charge is 0.423 e. The van der Waals surface area contributed by atoms with Crippen LogP contribution in [0.4, 0.5) is 18.9 Å². The number of halogens is 3. The zero-order chi connectivity index (χ0) is 19.0. The Labute approximate surface area is 153 Å². The second-order valence-corrected chi connectivity index (χ2v) is 6.83. The van der Waals surface area contributed by atoms with Crippen molar-refractivity contribution in [3.05, 3.63) is 51.4 Å². The standard InChI is InChI=1S/C18H19F3N4O2/c19-18(20,21)16-15(8-23-24-17(16)26)25-9-11-3-4-13(6-12(11)10-25)27-14-2-1-5-22-7-14/h3-4,6,8,14,22H,1-2,5,7,9-10H2,(H,24,26)/t14-/m0/s1. The second-order valence-electron chi connectivity index (χ2n) is 6.83. The number of alkyl halides is 3. The quantitative estimate of drug-likeness (QED) is 0.856. The summed E-state index contributed by atoms with van der Waals surface area (Å²) in [6, 6.07) is 5.59. The first-order chi connectivity index (χ1) is 12.9. The van der Waals surface area contributed by atoms with Gasteiger partial charge in [0.2, 0.25) is 0 Å². The van der Waals surface area contributed by atoms with Gasteiger partial charge in [-0.1, -0.05) is 6.07 Å². The highest BCUT2D eigenvalue weighted by atomic mass is 19.4. The number of hydrogen-bond acceptors (Lipinski definition) is 5. The molecule has 0 spiro atoms. The summed E-state index contributed by atoms with van der Waals surface area (Å²) in [6.45, 7) is 2.33. The van der Waals surface area contributed by atoms with Crippen molar-refractivity contribution < 1.29 is 17.9 Å². The lowest BCUT2D eigenvalue weighted by Crippen LogP contribution is -2.37. The lowest BCUT2D eigenvalue weighted by atomic mass is 10.1. The van der Waals surface area contributed by atoms with Crippen LogP contribution in [0, 0.1) is 0 Å². The van der Waals surface area contributed by atoms with Gasteiger partial charge in [-0.2, -0.15) is 18.3 Å². The van der Waals surface area contributed by atoms with Gasteiger partial charge in [0.1, 0.15) is 17.4 Å². The lowest BCUT2D eigenvalue weighted by molar-refractivity contribution is -0.138. The monoisotopic (exact) mass is 380 g/mol. The van der Waals surface area contributed by atoms with Crippen molar-refractivity contribution in [3.63, 3.8) is 0 Å². The number of aromatic amines is 1. The number of hydrogen-bond donors (Lipinski definition) is 2. The van der Waals surface area contributed by atoms with E-state index < -0.39 is 17.3 Å². The van der Waals surface area contributed by atoms with Gasteiger partial charge in [-0.3, -0.25) is 4.79 Å². The Balaban J connectivity index is 1.57. The van der Waals surface area contributed by atoms with Crippen molar-refractivity contribution in [1.82, 2.24) is 15.5 Å². The van der Waals surface area contributed by atoms with Crippen LogP contribution in [-0.2, 0) is 19.3 Å². The molecule has 144 valence electrons. The van der Waals surface area contributed by atoms with E-state index in [9.17, 15) is 18.0 Å². The van der Waals surface area contributed by atoms with Crippen molar-refractivity contribution in [1.29, 1.82) is 0 Å². The maximum atomic E-state index is 13.3. The van der Waals surface area contributed by atoms with Gasteiger partial charge in [0.05, 0.1) is 11.9 Å². The van der Waals surface area contributed by atoms with E-state index >= 15 is 0 Å². The van der Waals surface area contributed by atoms with Crippen molar-refractivity contribution in [2.75, 3.05) is 18.0 Å². The van der Waals surface area contributed by atoms with E-state index in [0.717, 1.165) is 43.3 Å². The lowest BCUT2D eigenvalue weighted by Gasteiger charge is -2.24. The molecule has 2 aliphatic rings. The molecule has 0 amide bonds. The van der Waals surface area contributed by atoms with Gasteiger partial charge in [0.15, 0.2) is 0 Å². The van der Waals surface area contributed by atoms with Gasteiger partial charge < -0.3 is 15.0 Å². The third kappa shape index (κ3) is 3.64. The second kappa shape index (κ2) is 6.88. The first-order valence-corrected chi connectivity index (χ1v) is 8.81. The number of H-pyrrole nitrogens is 1. The van der Waals surface area contributed by atoms with E-state index in [-0.39, 0.29) is 24.9 Å². The summed E-state index contributed by atoms with van der Waals surface area (Å²) in [6.07, 6.45) is -1.56. The van der Waals surface area contributed by atoms with Gasteiger partial charge in [0.25, 0.3) is 5.56 Å². The molecule has 1 fully saturated rings. The molecule has 2 N–H and O–H groups in total. The minimum Gasteiger partial charge on any atom is -0.489 e. The number of nitrogens with one attached hydrogen (secondary N) is 2. The zero-order valence-electron chi connectivity index (χ0n) is 14.5. The molecule has 0 saturated carbocycles. The first-order valence-electron chi connectivity index (χ1n) is 8.81. The topological polar surface area (TPSA) is 70.2 Å². The Morgan fingerprint density at radius 2 is 2.04 bits per heavy atom. The minimum atomic E-state index is -4.75. The SMILES string of the molecule is O=c1[nH]ncc(N2Cc3ccc(O[C@H]4CCCNC4)cc3C2)c1C(F)(F)F. The average molecular weight is 380 g/mol. The predicted octanol–water partition coefficient (Wildman–Crippen LogP) is 2.44. The summed E-state index contributed by atoms with van der Waals surface area (Å²) in [4.78, 5) is 13.2. The number of rotatable bonds is 3. The van der Waals surface area contributed by atoms with Crippen LogP contribution in [0.15, 0.2) is 29.2 Å². The van der Waals surface area contributed by atoms with Crippen LogP contribution < -0.4 is 20.5 Å². The summed E-state index contributed by atoms with van der Waals surface area (Å²) in [7, 11) is 0. The first kappa shape index (κ1) is 17.8. The number of fused-ring (bicyclic) bond motifs is 1. The molecule has 1 aromatic heterocycles. The Kier molecular flexibility index (Phi) is 4.55. The molecule has 2 aromatic rings. The molecule has 3 heterocycles. The number of piperidine rings is 1. The fourth-order valence-electron chi connectivity index (χ4n) is 3.63. The summed E-state index contributed by atoms with van der Waals surface area (Å²) >= 11 is 0. The number of anilines is 1. The van der Waals surface area contributed by atoms with Gasteiger partial charge >= 0.3 is 6.18 Å². The molecule has 0 radical (unpaired) electrons. The average Bonchev–Trinajstić information content (AvgIpc) is 3.04. The number of aromatic nitrogens is 2. The maximum Gasteiger partial charge on any atom is 0.423 e. The highest BCUT2D eigenvalue weighted by Crippen LogP contribution is 2.37. The molecule has 4 rings (SSSR count). The fraction of sp³-hybridized carbons (Fsp3) is 0.444. The van der Waals surface area contributed by atoms with E-state index in [1.54, 1.807) is 0 Å². The van der Waals surface area contributed by atoms with Crippen LogP contribution in [0.25, 0.3) is 0 Å².